The van der Waals surface area contributed by atoms with Gasteiger partial charge in [0.25, 0.3) is 0 Å². The highest BCUT2D eigenvalue weighted by Gasteiger charge is 2.30. The predicted molar refractivity (Wildman–Crippen MR) is 59.3 cm³/mol. The van der Waals surface area contributed by atoms with Crippen molar-refractivity contribution in [3.8, 4) is 11.4 Å². The zero-order chi connectivity index (χ0) is 13.3. The number of rotatable bonds is 2. The molecule has 1 heterocycles. The molecule has 0 aliphatic carbocycles. The van der Waals surface area contributed by atoms with E-state index in [1.165, 1.54) is 6.07 Å². The maximum absolute atomic E-state index is 12.6. The van der Waals surface area contributed by atoms with Crippen LogP contribution in [-0.2, 0) is 19.8 Å². The number of benzene rings is 1. The number of hydrogen-bond acceptors (Lipinski definition) is 3. The monoisotopic (exact) mass is 256 g/mol. The smallest absolute Gasteiger partial charge is 0.324 e. The fourth-order valence-electron chi connectivity index (χ4n) is 1.63. The Labute approximate surface area is 101 Å². The largest absolute Gasteiger partial charge is 0.416 e. The van der Waals surface area contributed by atoms with Gasteiger partial charge in [-0.1, -0.05) is 12.1 Å². The molecule has 96 valence electrons. The minimum atomic E-state index is -4.37. The highest BCUT2D eigenvalue weighted by atomic mass is 19.4. The van der Waals surface area contributed by atoms with Crippen molar-refractivity contribution in [3.63, 3.8) is 0 Å². The van der Waals surface area contributed by atoms with Crippen LogP contribution in [0, 0.1) is 0 Å². The molecule has 0 aliphatic rings. The maximum Gasteiger partial charge on any atom is 0.416 e. The van der Waals surface area contributed by atoms with Crippen LogP contribution in [0.2, 0.25) is 0 Å². The average molecular weight is 256 g/mol. The summed E-state index contributed by atoms with van der Waals surface area (Å²) in [4.78, 5) is 0. The van der Waals surface area contributed by atoms with Crippen LogP contribution in [0.3, 0.4) is 0 Å². The minimum absolute atomic E-state index is 0.183. The fraction of sp³-hybridized carbons (Fsp3) is 0.273. The molecule has 4 nitrogen and oxygen atoms in total. The standard InChI is InChI=1S/C11H11F3N4/c1-18-9(6-15)16-17-10(18)7-3-2-4-8(5-7)11(12,13)14/h2-5H,6,15H2,1H3. The lowest BCUT2D eigenvalue weighted by atomic mass is 10.1. The molecule has 0 spiro atoms. The van der Waals surface area contributed by atoms with E-state index >= 15 is 0 Å². The molecule has 0 aliphatic heterocycles. The first kappa shape index (κ1) is 12.6. The second kappa shape index (κ2) is 4.41. The lowest BCUT2D eigenvalue weighted by Crippen LogP contribution is -2.07. The molecule has 0 unspecified atom stereocenters. The summed E-state index contributed by atoms with van der Waals surface area (Å²) in [5, 5.41) is 7.65. The van der Waals surface area contributed by atoms with Gasteiger partial charge in [0.2, 0.25) is 0 Å². The van der Waals surface area contributed by atoms with Crippen LogP contribution in [0.5, 0.6) is 0 Å². The second-order valence-electron chi connectivity index (χ2n) is 3.78. The van der Waals surface area contributed by atoms with Gasteiger partial charge in [0.1, 0.15) is 5.82 Å². The van der Waals surface area contributed by atoms with Gasteiger partial charge in [-0.3, -0.25) is 0 Å². The van der Waals surface area contributed by atoms with Crippen molar-refractivity contribution >= 4 is 0 Å². The van der Waals surface area contributed by atoms with E-state index in [0.29, 0.717) is 17.2 Å². The molecule has 2 rings (SSSR count). The maximum atomic E-state index is 12.6. The van der Waals surface area contributed by atoms with Crippen LogP contribution in [0.25, 0.3) is 11.4 Å². The molecule has 0 bridgehead atoms. The SMILES string of the molecule is Cn1c(CN)nnc1-c1cccc(C(F)(F)F)c1. The molecule has 18 heavy (non-hydrogen) atoms. The molecule has 1 aromatic heterocycles. The van der Waals surface area contributed by atoms with E-state index in [9.17, 15) is 13.2 Å². The molecular formula is C11H11F3N4. The van der Waals surface area contributed by atoms with Gasteiger partial charge in [-0.15, -0.1) is 10.2 Å². The van der Waals surface area contributed by atoms with Crippen LogP contribution in [0.4, 0.5) is 13.2 Å². The van der Waals surface area contributed by atoms with Gasteiger partial charge in [0.05, 0.1) is 12.1 Å². The van der Waals surface area contributed by atoms with E-state index in [2.05, 4.69) is 10.2 Å². The normalized spacial score (nSPS) is 11.8. The van der Waals surface area contributed by atoms with E-state index in [1.54, 1.807) is 17.7 Å². The third kappa shape index (κ3) is 2.21. The van der Waals surface area contributed by atoms with Gasteiger partial charge in [0.15, 0.2) is 5.82 Å². The third-order valence-corrected chi connectivity index (χ3v) is 2.60. The van der Waals surface area contributed by atoms with Gasteiger partial charge in [0, 0.05) is 12.6 Å². The molecule has 2 N–H and O–H groups in total. The number of nitrogens with zero attached hydrogens (tertiary/aromatic N) is 3. The zero-order valence-electron chi connectivity index (χ0n) is 9.57. The Morgan fingerprint density at radius 2 is 2.00 bits per heavy atom. The van der Waals surface area contributed by atoms with Crippen LogP contribution < -0.4 is 5.73 Å². The van der Waals surface area contributed by atoms with Gasteiger partial charge in [-0.2, -0.15) is 13.2 Å². The molecular weight excluding hydrogens is 245 g/mol. The highest BCUT2D eigenvalue weighted by Crippen LogP contribution is 2.31. The van der Waals surface area contributed by atoms with Crippen molar-refractivity contribution < 1.29 is 13.2 Å². The van der Waals surface area contributed by atoms with Crippen molar-refractivity contribution in [2.45, 2.75) is 12.7 Å². The van der Waals surface area contributed by atoms with Crippen molar-refractivity contribution in [1.29, 1.82) is 0 Å². The molecule has 2 aromatic rings. The number of nitrogens with two attached hydrogens (primary N) is 1. The minimum Gasteiger partial charge on any atom is -0.324 e. The van der Waals surface area contributed by atoms with E-state index in [0.717, 1.165) is 12.1 Å². The van der Waals surface area contributed by atoms with Gasteiger partial charge in [-0.25, -0.2) is 0 Å². The van der Waals surface area contributed by atoms with Gasteiger partial charge < -0.3 is 10.3 Å². The number of hydrogen-bond donors (Lipinski definition) is 1. The number of aromatic nitrogens is 3. The average Bonchev–Trinajstić information content (AvgIpc) is 2.69. The molecule has 1 aromatic carbocycles. The predicted octanol–water partition coefficient (Wildman–Crippen LogP) is 1.96. The first-order valence-corrected chi connectivity index (χ1v) is 5.19. The summed E-state index contributed by atoms with van der Waals surface area (Å²) in [6.07, 6.45) is -4.37. The summed E-state index contributed by atoms with van der Waals surface area (Å²) in [7, 11) is 1.66. The molecule has 0 saturated carbocycles. The summed E-state index contributed by atoms with van der Waals surface area (Å²) in [6, 6.07) is 4.96. The Morgan fingerprint density at radius 3 is 2.56 bits per heavy atom. The lowest BCUT2D eigenvalue weighted by Gasteiger charge is -2.08. The van der Waals surface area contributed by atoms with Crippen molar-refractivity contribution in [2.75, 3.05) is 0 Å². The number of halogens is 3. The Morgan fingerprint density at radius 1 is 1.28 bits per heavy atom. The quantitative estimate of drug-likeness (QED) is 0.893. The Bertz CT molecular complexity index is 560. The summed E-state index contributed by atoms with van der Waals surface area (Å²) >= 11 is 0. The first-order valence-electron chi connectivity index (χ1n) is 5.19. The van der Waals surface area contributed by atoms with Gasteiger partial charge in [-0.05, 0) is 12.1 Å². The topological polar surface area (TPSA) is 56.7 Å². The van der Waals surface area contributed by atoms with Crippen molar-refractivity contribution in [1.82, 2.24) is 14.8 Å². The van der Waals surface area contributed by atoms with E-state index in [-0.39, 0.29) is 6.54 Å². The van der Waals surface area contributed by atoms with Gasteiger partial charge >= 0.3 is 6.18 Å². The van der Waals surface area contributed by atoms with Crippen molar-refractivity contribution in [3.05, 3.63) is 35.7 Å². The molecule has 0 radical (unpaired) electrons. The molecule has 0 fully saturated rings. The second-order valence-corrected chi connectivity index (χ2v) is 3.78. The van der Waals surface area contributed by atoms with E-state index < -0.39 is 11.7 Å². The Balaban J connectivity index is 2.48. The molecule has 0 saturated heterocycles. The fourth-order valence-corrected chi connectivity index (χ4v) is 1.63. The zero-order valence-corrected chi connectivity index (χ0v) is 9.57. The van der Waals surface area contributed by atoms with E-state index in [1.807, 2.05) is 0 Å². The summed E-state index contributed by atoms with van der Waals surface area (Å²) in [5.74, 6) is 0.879. The number of alkyl halides is 3. The molecule has 7 heteroatoms. The van der Waals surface area contributed by atoms with Crippen LogP contribution >= 0.6 is 0 Å². The third-order valence-electron chi connectivity index (χ3n) is 2.60. The van der Waals surface area contributed by atoms with E-state index in [4.69, 9.17) is 5.73 Å². The first-order chi connectivity index (χ1) is 8.43. The molecule has 0 amide bonds. The summed E-state index contributed by atoms with van der Waals surface area (Å²) in [5.41, 5.74) is 5.09. The summed E-state index contributed by atoms with van der Waals surface area (Å²) in [6.45, 7) is 0.183. The Kier molecular flexibility index (Phi) is 3.08. The van der Waals surface area contributed by atoms with Crippen LogP contribution in [0.15, 0.2) is 24.3 Å². The van der Waals surface area contributed by atoms with Crippen LogP contribution in [-0.4, -0.2) is 14.8 Å². The molecule has 0 atom stereocenters. The Hall–Kier alpha value is -1.89. The summed E-state index contributed by atoms with van der Waals surface area (Å²) < 4.78 is 39.4. The van der Waals surface area contributed by atoms with Crippen LogP contribution in [0.1, 0.15) is 11.4 Å². The van der Waals surface area contributed by atoms with Crippen molar-refractivity contribution in [2.24, 2.45) is 12.8 Å². The lowest BCUT2D eigenvalue weighted by molar-refractivity contribution is -0.137. The highest BCUT2D eigenvalue weighted by molar-refractivity contribution is 5.56.